The normalized spacial score (nSPS) is 12.1. The lowest BCUT2D eigenvalue weighted by Crippen LogP contribution is -2.47. The van der Waals surface area contributed by atoms with Crippen molar-refractivity contribution in [2.45, 2.75) is 65.2 Å². The number of nitrogens with one attached hydrogen (secondary N) is 2. The highest BCUT2D eigenvalue weighted by molar-refractivity contribution is 7.14. The summed E-state index contributed by atoms with van der Waals surface area (Å²) in [6.07, 6.45) is -0.474. The molecule has 12 heteroatoms. The molecule has 0 saturated heterocycles. The second kappa shape index (κ2) is 16.7. The first-order valence-electron chi connectivity index (χ1n) is 13.6. The molecule has 0 spiro atoms. The summed E-state index contributed by atoms with van der Waals surface area (Å²) in [5.41, 5.74) is -0.600. The molecule has 2 amide bonds. The van der Waals surface area contributed by atoms with Gasteiger partial charge in [-0.3, -0.25) is 4.79 Å². The number of benzene rings is 1. The predicted molar refractivity (Wildman–Crippen MR) is 158 cm³/mol. The topological polar surface area (TPSA) is 145 Å². The van der Waals surface area contributed by atoms with E-state index in [4.69, 9.17) is 28.9 Å². The Morgan fingerprint density at radius 2 is 1.48 bits per heavy atom. The highest BCUT2D eigenvalue weighted by Crippen LogP contribution is 2.17. The van der Waals surface area contributed by atoms with E-state index >= 15 is 0 Å². The molecule has 0 aliphatic rings. The van der Waals surface area contributed by atoms with Gasteiger partial charge in [0.25, 0.3) is 5.91 Å². The molecule has 0 aliphatic carbocycles. The second-order valence-corrected chi connectivity index (χ2v) is 12.3. The van der Waals surface area contributed by atoms with Gasteiger partial charge >= 0.3 is 12.1 Å². The number of carbonyl (C=O) groups is 3. The van der Waals surface area contributed by atoms with E-state index in [1.54, 1.807) is 65.8 Å². The van der Waals surface area contributed by atoms with E-state index < -0.39 is 29.3 Å². The Morgan fingerprint density at radius 1 is 0.857 bits per heavy atom. The summed E-state index contributed by atoms with van der Waals surface area (Å²) in [5.74, 6) is -0.143. The molecule has 1 aromatic heterocycles. The Morgan fingerprint density at radius 3 is 2.07 bits per heavy atom. The molecule has 0 saturated carbocycles. The number of hydrogen-bond acceptors (Lipinski definition) is 10. The molecule has 1 atom stereocenters. The maximum atomic E-state index is 12.8. The molecular formula is C30H41N3O8S. The van der Waals surface area contributed by atoms with Crippen molar-refractivity contribution in [2.24, 2.45) is 0 Å². The highest BCUT2D eigenvalue weighted by Gasteiger charge is 2.29. The number of nitrogens with zero attached hydrogens (tertiary/aromatic N) is 1. The zero-order valence-corrected chi connectivity index (χ0v) is 25.9. The van der Waals surface area contributed by atoms with Crippen LogP contribution in [0.15, 0.2) is 36.4 Å². The van der Waals surface area contributed by atoms with E-state index in [0.29, 0.717) is 55.1 Å². The van der Waals surface area contributed by atoms with Crippen LogP contribution in [0.25, 0.3) is 0 Å². The van der Waals surface area contributed by atoms with Gasteiger partial charge in [-0.05, 0) is 71.4 Å². The molecule has 2 aromatic rings. The Balaban J connectivity index is 1.66. The van der Waals surface area contributed by atoms with Gasteiger partial charge in [-0.1, -0.05) is 12.1 Å². The van der Waals surface area contributed by atoms with Gasteiger partial charge in [0, 0.05) is 13.0 Å². The predicted octanol–water partition coefficient (Wildman–Crippen LogP) is 4.24. The molecule has 0 aliphatic heterocycles. The molecule has 2 N–H and O–H groups in total. The van der Waals surface area contributed by atoms with Crippen LogP contribution < -0.4 is 15.4 Å². The van der Waals surface area contributed by atoms with Gasteiger partial charge < -0.3 is 34.3 Å². The van der Waals surface area contributed by atoms with Gasteiger partial charge in [0.15, 0.2) is 0 Å². The van der Waals surface area contributed by atoms with E-state index in [0.717, 1.165) is 16.9 Å². The van der Waals surface area contributed by atoms with E-state index in [1.807, 2.05) is 18.2 Å². The summed E-state index contributed by atoms with van der Waals surface area (Å²) in [6.45, 7) is 12.7. The number of thiophene rings is 1. The van der Waals surface area contributed by atoms with Crippen molar-refractivity contribution in [3.05, 3.63) is 51.7 Å². The summed E-state index contributed by atoms with van der Waals surface area (Å²) in [4.78, 5) is 38.0. The largest absolute Gasteiger partial charge is 0.491 e. The van der Waals surface area contributed by atoms with Crippen molar-refractivity contribution in [1.82, 2.24) is 10.6 Å². The van der Waals surface area contributed by atoms with Crippen molar-refractivity contribution in [3.63, 3.8) is 0 Å². The van der Waals surface area contributed by atoms with Crippen LogP contribution in [-0.2, 0) is 30.2 Å². The fourth-order valence-electron chi connectivity index (χ4n) is 3.36. The fraction of sp³-hybridized carbons (Fsp3) is 0.533. The quantitative estimate of drug-likeness (QED) is 0.226. The SMILES string of the molecule is CC(C)(C)OC(=O)N[C@@H](Cc1ccc(OCCOCCOCCNC(=O)c2ccc(C#N)s2)cc1)C(=O)OC(C)(C)C. The molecule has 230 valence electrons. The van der Waals surface area contributed by atoms with E-state index in [1.165, 1.54) is 0 Å². The van der Waals surface area contributed by atoms with Crippen molar-refractivity contribution in [1.29, 1.82) is 5.26 Å². The molecule has 0 bridgehead atoms. The van der Waals surface area contributed by atoms with Gasteiger partial charge in [0.1, 0.15) is 40.5 Å². The highest BCUT2D eigenvalue weighted by atomic mass is 32.1. The molecular weight excluding hydrogens is 562 g/mol. The number of carbonyl (C=O) groups excluding carboxylic acids is 3. The van der Waals surface area contributed by atoms with Crippen LogP contribution in [-0.4, -0.2) is 74.8 Å². The van der Waals surface area contributed by atoms with Crippen LogP contribution in [0.1, 0.15) is 61.7 Å². The van der Waals surface area contributed by atoms with Gasteiger partial charge in [-0.15, -0.1) is 11.3 Å². The van der Waals surface area contributed by atoms with Gasteiger partial charge in [-0.2, -0.15) is 5.26 Å². The first kappa shape index (κ1) is 34.5. The number of esters is 1. The summed E-state index contributed by atoms with van der Waals surface area (Å²) in [6, 6.07) is 11.5. The number of amides is 2. The smallest absolute Gasteiger partial charge is 0.408 e. The van der Waals surface area contributed by atoms with E-state index in [2.05, 4.69) is 10.6 Å². The third-order valence-corrected chi connectivity index (χ3v) is 6.07. The Bertz CT molecular complexity index is 1190. The third-order valence-electron chi connectivity index (χ3n) is 5.09. The minimum atomic E-state index is -0.920. The molecule has 0 unspecified atom stereocenters. The Kier molecular flexibility index (Phi) is 13.7. The van der Waals surface area contributed by atoms with Crippen LogP contribution >= 0.6 is 11.3 Å². The van der Waals surface area contributed by atoms with Crippen LogP contribution in [0, 0.1) is 11.3 Å². The fourth-order valence-corrected chi connectivity index (χ4v) is 4.08. The van der Waals surface area contributed by atoms with Crippen molar-refractivity contribution in [2.75, 3.05) is 39.6 Å². The molecule has 0 radical (unpaired) electrons. The average molecular weight is 604 g/mol. The molecule has 11 nitrogen and oxygen atoms in total. The van der Waals surface area contributed by atoms with E-state index in [-0.39, 0.29) is 12.3 Å². The standard InChI is InChI=1S/C30H41N3O8S/c1-29(2,3)40-27(35)24(33-28(36)41-30(4,5)6)19-21-7-9-22(10-8-21)39-18-17-38-16-15-37-14-13-32-26(34)25-12-11-23(20-31)42-25/h7-12,24H,13-19H2,1-6H3,(H,32,34)(H,33,36)/t24-/m0/s1. The number of rotatable bonds is 15. The lowest BCUT2D eigenvalue weighted by molar-refractivity contribution is -0.157. The van der Waals surface area contributed by atoms with Crippen LogP contribution in [0.4, 0.5) is 4.79 Å². The molecule has 1 aromatic carbocycles. The summed E-state index contributed by atoms with van der Waals surface area (Å²) in [5, 5.41) is 14.2. The van der Waals surface area contributed by atoms with Gasteiger partial charge in [0.05, 0.1) is 31.3 Å². The first-order valence-corrected chi connectivity index (χ1v) is 14.4. The van der Waals surface area contributed by atoms with Crippen molar-refractivity contribution in [3.8, 4) is 11.8 Å². The van der Waals surface area contributed by atoms with Crippen molar-refractivity contribution < 1.29 is 38.1 Å². The molecule has 42 heavy (non-hydrogen) atoms. The summed E-state index contributed by atoms with van der Waals surface area (Å²) >= 11 is 1.15. The lowest BCUT2D eigenvalue weighted by atomic mass is 10.1. The first-order chi connectivity index (χ1) is 19.8. The average Bonchev–Trinajstić information content (AvgIpc) is 3.38. The van der Waals surface area contributed by atoms with Crippen LogP contribution in [0.3, 0.4) is 0 Å². The van der Waals surface area contributed by atoms with Crippen LogP contribution in [0.5, 0.6) is 5.75 Å². The summed E-state index contributed by atoms with van der Waals surface area (Å²) < 4.78 is 27.5. The lowest BCUT2D eigenvalue weighted by Gasteiger charge is -2.26. The second-order valence-electron chi connectivity index (χ2n) is 11.2. The molecule has 0 fully saturated rings. The minimum absolute atomic E-state index is 0.220. The maximum Gasteiger partial charge on any atom is 0.408 e. The molecule has 2 rings (SSSR count). The number of nitriles is 1. The summed E-state index contributed by atoms with van der Waals surface area (Å²) in [7, 11) is 0. The Hall–Kier alpha value is -3.66. The third kappa shape index (κ3) is 14.3. The zero-order valence-electron chi connectivity index (χ0n) is 25.1. The van der Waals surface area contributed by atoms with Crippen LogP contribution in [0.2, 0.25) is 0 Å². The zero-order chi connectivity index (χ0) is 31.2. The number of ether oxygens (including phenoxy) is 5. The number of alkyl carbamates (subject to hydrolysis) is 1. The van der Waals surface area contributed by atoms with Gasteiger partial charge in [0.2, 0.25) is 0 Å². The number of hydrogen-bond donors (Lipinski definition) is 2. The minimum Gasteiger partial charge on any atom is -0.491 e. The maximum absolute atomic E-state index is 12.8. The molecule has 1 heterocycles. The Labute approximate surface area is 251 Å². The van der Waals surface area contributed by atoms with E-state index in [9.17, 15) is 14.4 Å². The van der Waals surface area contributed by atoms with Gasteiger partial charge in [-0.25, -0.2) is 9.59 Å². The monoisotopic (exact) mass is 603 g/mol. The van der Waals surface area contributed by atoms with Crippen molar-refractivity contribution >= 4 is 29.3 Å².